The molecule has 0 saturated heterocycles. The summed E-state index contributed by atoms with van der Waals surface area (Å²) in [5, 5.41) is -0.413. The Hall–Kier alpha value is -0.180. The van der Waals surface area contributed by atoms with Crippen molar-refractivity contribution in [2.45, 2.75) is 38.9 Å². The van der Waals surface area contributed by atoms with Crippen LogP contribution in [0.3, 0.4) is 0 Å². The maximum absolute atomic E-state index is 10.9. The molecule has 0 heterocycles. The van der Waals surface area contributed by atoms with Crippen molar-refractivity contribution < 1.29 is 9.53 Å². The number of hydrogen-bond donors (Lipinski definition) is 0. The van der Waals surface area contributed by atoms with Crippen molar-refractivity contribution in [3.8, 4) is 0 Å². The summed E-state index contributed by atoms with van der Waals surface area (Å²) < 4.78 is 4.91. The highest BCUT2D eigenvalue weighted by molar-refractivity contribution is 7.81. The standard InChI is InChI=1S/C9H17O2S/c1-7(2)5-4-6-11-9(10)8(3)12/h7-8H,4-6H2,1-3H3. The molecule has 0 aliphatic rings. The van der Waals surface area contributed by atoms with E-state index in [9.17, 15) is 4.79 Å². The van der Waals surface area contributed by atoms with E-state index in [2.05, 4.69) is 13.8 Å². The maximum Gasteiger partial charge on any atom is 0.319 e. The summed E-state index contributed by atoms with van der Waals surface area (Å²) in [4.78, 5) is 10.9. The molecule has 0 aromatic heterocycles. The molecule has 0 saturated carbocycles. The lowest BCUT2D eigenvalue weighted by Crippen LogP contribution is -2.15. The summed E-state index contributed by atoms with van der Waals surface area (Å²) in [6, 6.07) is 0. The van der Waals surface area contributed by atoms with Crippen molar-refractivity contribution in [1.29, 1.82) is 0 Å². The highest BCUT2D eigenvalue weighted by Gasteiger charge is 2.08. The van der Waals surface area contributed by atoms with Gasteiger partial charge < -0.3 is 4.74 Å². The molecule has 12 heavy (non-hydrogen) atoms. The van der Waals surface area contributed by atoms with Gasteiger partial charge in [0, 0.05) is 0 Å². The minimum atomic E-state index is -0.413. The Labute approximate surface area is 80.1 Å². The van der Waals surface area contributed by atoms with Crippen LogP contribution in [-0.4, -0.2) is 17.8 Å². The van der Waals surface area contributed by atoms with Crippen LogP contribution in [0.4, 0.5) is 0 Å². The molecule has 1 unspecified atom stereocenters. The second kappa shape index (κ2) is 6.35. The minimum Gasteiger partial charge on any atom is -0.465 e. The Morgan fingerprint density at radius 2 is 2.00 bits per heavy atom. The minimum absolute atomic E-state index is 0.270. The van der Waals surface area contributed by atoms with Gasteiger partial charge in [0.15, 0.2) is 0 Å². The van der Waals surface area contributed by atoms with Crippen molar-refractivity contribution in [3.63, 3.8) is 0 Å². The predicted octanol–water partition coefficient (Wildman–Crippen LogP) is 2.55. The van der Waals surface area contributed by atoms with Crippen molar-refractivity contribution in [3.05, 3.63) is 0 Å². The lowest BCUT2D eigenvalue weighted by molar-refractivity contribution is -0.142. The van der Waals surface area contributed by atoms with E-state index >= 15 is 0 Å². The SMILES string of the molecule is CC(C)CCCOC(=O)C(C)[S]. The van der Waals surface area contributed by atoms with E-state index in [1.165, 1.54) is 0 Å². The molecule has 0 aromatic carbocycles. The molecule has 0 bridgehead atoms. The number of esters is 1. The Balaban J connectivity index is 3.26. The van der Waals surface area contributed by atoms with Crippen LogP contribution >= 0.6 is 12.6 Å². The zero-order chi connectivity index (χ0) is 9.56. The maximum atomic E-state index is 10.9. The van der Waals surface area contributed by atoms with Crippen molar-refractivity contribution in [2.75, 3.05) is 6.61 Å². The average Bonchev–Trinajstić information content (AvgIpc) is 1.97. The Morgan fingerprint density at radius 1 is 1.42 bits per heavy atom. The zero-order valence-corrected chi connectivity index (χ0v) is 8.82. The van der Waals surface area contributed by atoms with E-state index in [1.807, 2.05) is 0 Å². The molecular weight excluding hydrogens is 172 g/mol. The summed E-state index contributed by atoms with van der Waals surface area (Å²) in [6.07, 6.45) is 2.03. The van der Waals surface area contributed by atoms with Gasteiger partial charge in [0.1, 0.15) is 5.25 Å². The van der Waals surface area contributed by atoms with Gasteiger partial charge >= 0.3 is 5.97 Å². The summed E-state index contributed by atoms with van der Waals surface area (Å²) in [7, 11) is 0. The number of hydrogen-bond acceptors (Lipinski definition) is 2. The van der Waals surface area contributed by atoms with Gasteiger partial charge in [-0.05, 0) is 25.7 Å². The average molecular weight is 189 g/mol. The smallest absolute Gasteiger partial charge is 0.319 e. The topological polar surface area (TPSA) is 26.3 Å². The fourth-order valence-electron chi connectivity index (χ4n) is 0.782. The van der Waals surface area contributed by atoms with Crippen molar-refractivity contribution >= 4 is 18.6 Å². The van der Waals surface area contributed by atoms with Gasteiger partial charge in [-0.2, -0.15) is 0 Å². The molecule has 0 aromatic rings. The van der Waals surface area contributed by atoms with Crippen LogP contribution in [0, 0.1) is 5.92 Å². The van der Waals surface area contributed by atoms with Gasteiger partial charge in [0.25, 0.3) is 0 Å². The summed E-state index contributed by atoms with van der Waals surface area (Å²) in [5.41, 5.74) is 0. The molecule has 1 atom stereocenters. The second-order valence-electron chi connectivity index (χ2n) is 3.35. The number of ether oxygens (including phenoxy) is 1. The van der Waals surface area contributed by atoms with Gasteiger partial charge in [0.2, 0.25) is 0 Å². The van der Waals surface area contributed by atoms with E-state index < -0.39 is 5.25 Å². The van der Waals surface area contributed by atoms with Crippen LogP contribution in [-0.2, 0) is 9.53 Å². The fraction of sp³-hybridized carbons (Fsp3) is 0.889. The van der Waals surface area contributed by atoms with Crippen LogP contribution in [0.5, 0.6) is 0 Å². The third-order valence-corrected chi connectivity index (χ3v) is 1.69. The molecule has 0 N–H and O–H groups in total. The first kappa shape index (κ1) is 11.8. The Morgan fingerprint density at radius 3 is 2.42 bits per heavy atom. The second-order valence-corrected chi connectivity index (χ2v) is 4.05. The number of carbonyl (C=O) groups is 1. The van der Waals surface area contributed by atoms with Gasteiger partial charge in [0.05, 0.1) is 6.61 Å². The molecule has 0 rings (SSSR count). The first-order valence-electron chi connectivity index (χ1n) is 4.36. The Bertz CT molecular complexity index is 132. The number of rotatable bonds is 5. The number of carbonyl (C=O) groups excluding carboxylic acids is 1. The Kier molecular flexibility index (Phi) is 6.25. The monoisotopic (exact) mass is 189 g/mol. The molecule has 3 heteroatoms. The molecule has 2 nitrogen and oxygen atoms in total. The zero-order valence-electron chi connectivity index (χ0n) is 8.00. The quantitative estimate of drug-likeness (QED) is 0.491. The normalized spacial score (nSPS) is 13.1. The van der Waals surface area contributed by atoms with E-state index in [4.69, 9.17) is 17.4 Å². The van der Waals surface area contributed by atoms with E-state index in [1.54, 1.807) is 6.92 Å². The fourth-order valence-corrected chi connectivity index (χ4v) is 0.850. The molecule has 0 amide bonds. The first-order chi connectivity index (χ1) is 5.54. The van der Waals surface area contributed by atoms with Gasteiger partial charge in [-0.25, -0.2) is 0 Å². The van der Waals surface area contributed by atoms with Gasteiger partial charge in [-0.1, -0.05) is 26.5 Å². The van der Waals surface area contributed by atoms with Crippen LogP contribution in [0.15, 0.2) is 0 Å². The molecule has 0 aliphatic carbocycles. The predicted molar refractivity (Wildman–Crippen MR) is 52.1 cm³/mol. The highest BCUT2D eigenvalue weighted by Crippen LogP contribution is 2.04. The van der Waals surface area contributed by atoms with Gasteiger partial charge in [-0.15, -0.1) is 0 Å². The summed E-state index contributed by atoms with van der Waals surface area (Å²) in [6.45, 7) is 6.48. The molecule has 0 fully saturated rings. The summed E-state index contributed by atoms with van der Waals surface area (Å²) >= 11 is 4.73. The van der Waals surface area contributed by atoms with E-state index in [-0.39, 0.29) is 5.97 Å². The van der Waals surface area contributed by atoms with E-state index in [0.717, 1.165) is 12.8 Å². The lowest BCUT2D eigenvalue weighted by Gasteiger charge is -2.07. The van der Waals surface area contributed by atoms with Crippen molar-refractivity contribution in [1.82, 2.24) is 0 Å². The van der Waals surface area contributed by atoms with Gasteiger partial charge in [-0.3, -0.25) is 4.79 Å². The molecular formula is C9H17O2S. The third kappa shape index (κ3) is 6.53. The van der Waals surface area contributed by atoms with Crippen molar-refractivity contribution in [2.24, 2.45) is 5.92 Å². The van der Waals surface area contributed by atoms with Crippen LogP contribution in [0.2, 0.25) is 0 Å². The highest BCUT2D eigenvalue weighted by atomic mass is 32.1. The largest absolute Gasteiger partial charge is 0.465 e. The summed E-state index contributed by atoms with van der Waals surface area (Å²) in [5.74, 6) is 0.401. The molecule has 71 valence electrons. The van der Waals surface area contributed by atoms with Crippen LogP contribution in [0.1, 0.15) is 33.6 Å². The first-order valence-corrected chi connectivity index (χ1v) is 4.83. The van der Waals surface area contributed by atoms with Crippen LogP contribution in [0.25, 0.3) is 0 Å². The van der Waals surface area contributed by atoms with E-state index in [0.29, 0.717) is 12.5 Å². The van der Waals surface area contributed by atoms with Crippen LogP contribution < -0.4 is 0 Å². The molecule has 1 radical (unpaired) electrons. The molecule has 0 aliphatic heterocycles. The lowest BCUT2D eigenvalue weighted by atomic mass is 10.1. The molecule has 0 spiro atoms. The third-order valence-electron chi connectivity index (χ3n) is 1.50.